The predicted molar refractivity (Wildman–Crippen MR) is 155 cm³/mol. The first-order valence-corrected chi connectivity index (χ1v) is 16.8. The Morgan fingerprint density at radius 3 is 2.21 bits per heavy atom. The zero-order chi connectivity index (χ0) is 28.8. The molecule has 1 aliphatic heterocycles. The summed E-state index contributed by atoms with van der Waals surface area (Å²) in [7, 11) is -0.550. The maximum atomic E-state index is 13.6. The number of cyclic esters (lactones) is 1. The molecule has 0 saturated carbocycles. The van der Waals surface area contributed by atoms with E-state index in [-0.39, 0.29) is 46.8 Å². The molecule has 2 rings (SSSR count). The second-order valence-electron chi connectivity index (χ2n) is 12.6. The Balaban J connectivity index is 2.33. The van der Waals surface area contributed by atoms with E-state index in [9.17, 15) is 9.59 Å². The molecule has 0 amide bonds. The molecule has 0 aromatic heterocycles. The fourth-order valence-corrected chi connectivity index (χ4v) is 6.08. The highest BCUT2D eigenvalue weighted by molar-refractivity contribution is 6.74. The first kappa shape index (κ1) is 32.2. The predicted octanol–water partition coefficient (Wildman–Crippen LogP) is 6.98. The van der Waals surface area contributed by atoms with E-state index in [1.165, 1.54) is 0 Å². The quantitative estimate of drug-likeness (QED) is 0.271. The molecule has 214 valence electrons. The van der Waals surface area contributed by atoms with Crippen LogP contribution in [0.2, 0.25) is 18.1 Å². The maximum Gasteiger partial charge on any atom is 0.311 e. The normalized spacial score (nSPS) is 29.6. The fraction of sp³-hybridized carbons (Fsp3) is 0.677. The van der Waals surface area contributed by atoms with Gasteiger partial charge in [0.15, 0.2) is 14.1 Å². The minimum Gasteiger partial charge on any atom is -0.497 e. The summed E-state index contributed by atoms with van der Waals surface area (Å²) in [5, 5.41) is -0.00886. The summed E-state index contributed by atoms with van der Waals surface area (Å²) in [6.45, 7) is 21.2. The van der Waals surface area contributed by atoms with Crippen molar-refractivity contribution in [3.05, 3.63) is 42.0 Å². The molecule has 1 aromatic rings. The van der Waals surface area contributed by atoms with Crippen molar-refractivity contribution in [2.45, 2.75) is 105 Å². The number of carbonyl (C=O) groups is 2. The van der Waals surface area contributed by atoms with Gasteiger partial charge in [-0.15, -0.1) is 0 Å². The lowest BCUT2D eigenvalue weighted by Gasteiger charge is -2.43. The van der Waals surface area contributed by atoms with E-state index in [2.05, 4.69) is 40.8 Å². The number of esters is 1. The molecule has 0 fully saturated rings. The van der Waals surface area contributed by atoms with Gasteiger partial charge >= 0.3 is 5.97 Å². The Hall–Kier alpha value is -1.96. The van der Waals surface area contributed by atoms with Crippen LogP contribution in [-0.4, -0.2) is 45.5 Å². The molecule has 0 spiro atoms. The number of hydrogen-bond acceptors (Lipinski definition) is 6. The highest BCUT2D eigenvalue weighted by Gasteiger charge is 2.44. The van der Waals surface area contributed by atoms with Crippen LogP contribution < -0.4 is 4.74 Å². The Labute approximate surface area is 231 Å². The zero-order valence-corrected chi connectivity index (χ0v) is 26.4. The van der Waals surface area contributed by atoms with Crippen molar-refractivity contribution in [1.29, 1.82) is 0 Å². The lowest BCUT2D eigenvalue weighted by molar-refractivity contribution is -0.169. The lowest BCUT2D eigenvalue weighted by Crippen LogP contribution is -2.50. The van der Waals surface area contributed by atoms with E-state index < -0.39 is 20.3 Å². The van der Waals surface area contributed by atoms with Gasteiger partial charge in [0, 0.05) is 11.8 Å². The Kier molecular flexibility index (Phi) is 11.4. The molecule has 1 heterocycles. The van der Waals surface area contributed by atoms with E-state index in [0.717, 1.165) is 11.3 Å². The first-order valence-electron chi connectivity index (χ1n) is 13.9. The molecule has 1 aromatic carbocycles. The van der Waals surface area contributed by atoms with E-state index in [1.54, 1.807) is 13.2 Å². The molecular formula is C31H50O6Si. The van der Waals surface area contributed by atoms with Crippen LogP contribution in [0.1, 0.15) is 67.4 Å². The average molecular weight is 547 g/mol. The van der Waals surface area contributed by atoms with Crippen molar-refractivity contribution < 1.29 is 28.2 Å². The molecule has 1 aliphatic rings. The minimum atomic E-state index is -2.18. The third kappa shape index (κ3) is 8.52. The molecule has 0 aliphatic carbocycles. The van der Waals surface area contributed by atoms with Crippen LogP contribution in [0.5, 0.6) is 5.75 Å². The third-order valence-corrected chi connectivity index (χ3v) is 12.8. The summed E-state index contributed by atoms with van der Waals surface area (Å²) in [5.74, 6) is -0.254. The summed E-state index contributed by atoms with van der Waals surface area (Å²) < 4.78 is 24.4. The fourth-order valence-electron chi connectivity index (χ4n) is 4.61. The lowest BCUT2D eigenvalue weighted by atomic mass is 9.84. The SMILES string of the molecule is COc1ccc(CO[C@H](C)[C@H]2OC(=O)[C@H](C)[C@@H](O[Si](C)(C)C(C)(C)C)[C@@H](C)C[C@@H](C)C(=O)/C=C/[C@H]2C)cc1. The van der Waals surface area contributed by atoms with Gasteiger partial charge in [0.1, 0.15) is 11.9 Å². The van der Waals surface area contributed by atoms with Gasteiger partial charge in [-0.1, -0.05) is 59.8 Å². The molecule has 0 unspecified atom stereocenters. The van der Waals surface area contributed by atoms with Crippen molar-refractivity contribution in [1.82, 2.24) is 0 Å². The number of ether oxygens (including phenoxy) is 3. The second kappa shape index (κ2) is 13.4. The summed E-state index contributed by atoms with van der Waals surface area (Å²) in [5.41, 5.74) is 0.995. The van der Waals surface area contributed by atoms with Crippen LogP contribution in [0.25, 0.3) is 0 Å². The summed E-state index contributed by atoms with van der Waals surface area (Å²) in [4.78, 5) is 26.6. The van der Waals surface area contributed by atoms with Gasteiger partial charge in [0.25, 0.3) is 0 Å². The molecule has 0 N–H and O–H groups in total. The van der Waals surface area contributed by atoms with Crippen LogP contribution in [0, 0.1) is 23.7 Å². The van der Waals surface area contributed by atoms with E-state index in [0.29, 0.717) is 13.0 Å². The Morgan fingerprint density at radius 2 is 1.66 bits per heavy atom. The summed E-state index contributed by atoms with van der Waals surface area (Å²) >= 11 is 0. The Bertz CT molecular complexity index is 948. The van der Waals surface area contributed by atoms with Crippen LogP contribution in [0.15, 0.2) is 36.4 Å². The largest absolute Gasteiger partial charge is 0.497 e. The topological polar surface area (TPSA) is 71.1 Å². The van der Waals surface area contributed by atoms with Gasteiger partial charge in [0.05, 0.1) is 31.8 Å². The number of rotatable bonds is 7. The maximum absolute atomic E-state index is 13.6. The monoisotopic (exact) mass is 546 g/mol. The molecule has 0 bridgehead atoms. The van der Waals surface area contributed by atoms with Crippen molar-refractivity contribution >= 4 is 20.1 Å². The van der Waals surface area contributed by atoms with Gasteiger partial charge in [-0.25, -0.2) is 0 Å². The molecule has 7 heteroatoms. The van der Waals surface area contributed by atoms with Crippen LogP contribution in [0.3, 0.4) is 0 Å². The number of hydrogen-bond donors (Lipinski definition) is 0. The number of methoxy groups -OCH3 is 1. The number of benzene rings is 1. The van der Waals surface area contributed by atoms with E-state index in [1.807, 2.05) is 58.0 Å². The van der Waals surface area contributed by atoms with E-state index in [4.69, 9.17) is 18.6 Å². The standard InChI is InChI=1S/C31H50O6Si/c1-20-12-17-27(32)21(2)18-22(3)28(37-38(10,11)31(6,7)8)23(4)30(33)36-29(20)24(5)35-19-25-13-15-26(34-9)16-14-25/h12-17,20-24,28-29H,18-19H2,1-11H3/b17-12+/t20-,21-,22+,23-,24-,28+,29+/m1/s1. The van der Waals surface area contributed by atoms with Crippen LogP contribution >= 0.6 is 0 Å². The molecule has 6 nitrogen and oxygen atoms in total. The van der Waals surface area contributed by atoms with Crippen molar-refractivity contribution in [2.24, 2.45) is 23.7 Å². The molecule has 0 saturated heterocycles. The van der Waals surface area contributed by atoms with Crippen LogP contribution in [0.4, 0.5) is 0 Å². The zero-order valence-electron chi connectivity index (χ0n) is 25.4. The second-order valence-corrected chi connectivity index (χ2v) is 17.4. The van der Waals surface area contributed by atoms with Gasteiger partial charge < -0.3 is 18.6 Å². The molecule has 0 radical (unpaired) electrons. The highest BCUT2D eigenvalue weighted by atomic mass is 28.4. The number of allylic oxidation sites excluding steroid dienone is 1. The summed E-state index contributed by atoms with van der Waals surface area (Å²) in [6, 6.07) is 7.69. The molecule has 38 heavy (non-hydrogen) atoms. The van der Waals surface area contributed by atoms with Crippen LogP contribution in [-0.2, 0) is 30.1 Å². The van der Waals surface area contributed by atoms with Gasteiger partial charge in [-0.2, -0.15) is 0 Å². The molecular weight excluding hydrogens is 496 g/mol. The Morgan fingerprint density at radius 1 is 1.05 bits per heavy atom. The average Bonchev–Trinajstić information content (AvgIpc) is 2.85. The van der Waals surface area contributed by atoms with Crippen molar-refractivity contribution in [2.75, 3.05) is 7.11 Å². The summed E-state index contributed by atoms with van der Waals surface area (Å²) in [6.07, 6.45) is 2.87. The van der Waals surface area contributed by atoms with Crippen molar-refractivity contribution in [3.63, 3.8) is 0 Å². The number of ketones is 1. The minimum absolute atomic E-state index is 0.00886. The van der Waals surface area contributed by atoms with Gasteiger partial charge in [-0.3, -0.25) is 9.59 Å². The van der Waals surface area contributed by atoms with Crippen molar-refractivity contribution in [3.8, 4) is 5.75 Å². The highest BCUT2D eigenvalue weighted by Crippen LogP contribution is 2.40. The van der Waals surface area contributed by atoms with E-state index >= 15 is 0 Å². The third-order valence-electron chi connectivity index (χ3n) is 8.34. The molecule has 7 atom stereocenters. The smallest absolute Gasteiger partial charge is 0.311 e. The number of carbonyl (C=O) groups excluding carboxylic acids is 2. The van der Waals surface area contributed by atoms with Gasteiger partial charge in [0.2, 0.25) is 0 Å². The first-order chi connectivity index (χ1) is 17.6. The van der Waals surface area contributed by atoms with Gasteiger partial charge in [-0.05, 0) is 68.1 Å².